The molecule has 0 aliphatic rings. The number of nitrogens with zero attached hydrogens (tertiary/aromatic N) is 4. The molecule has 0 unspecified atom stereocenters. The second-order valence-corrected chi connectivity index (χ2v) is 4.52. The van der Waals surface area contributed by atoms with E-state index in [2.05, 4.69) is 19.9 Å². The van der Waals surface area contributed by atoms with Crippen LogP contribution in [0.15, 0.2) is 29.4 Å². The lowest BCUT2D eigenvalue weighted by atomic mass is 10.4. The molecule has 0 fully saturated rings. The first-order chi connectivity index (χ1) is 8.83. The monoisotopic (exact) mass is 278 g/mol. The molecule has 0 N–H and O–H groups in total. The number of ether oxygens (including phenoxy) is 1. The van der Waals surface area contributed by atoms with Gasteiger partial charge >= 0.3 is 0 Å². The molecule has 3 aromatic heterocycles. The van der Waals surface area contributed by atoms with Crippen molar-refractivity contribution in [1.29, 1.82) is 0 Å². The lowest BCUT2D eigenvalue weighted by Gasteiger charge is -2.04. The quantitative estimate of drug-likeness (QED) is 0.690. The summed E-state index contributed by atoms with van der Waals surface area (Å²) in [5.41, 5.74) is 3.86. The van der Waals surface area contributed by atoms with Crippen LogP contribution in [0, 0.1) is 0 Å². The van der Waals surface area contributed by atoms with Gasteiger partial charge in [-0.15, -0.1) is 11.3 Å². The zero-order valence-electron chi connectivity index (χ0n) is 9.08. The van der Waals surface area contributed by atoms with E-state index in [0.29, 0.717) is 28.7 Å². The molecule has 0 saturated heterocycles. The highest BCUT2D eigenvalue weighted by atomic mass is 35.5. The van der Waals surface area contributed by atoms with E-state index in [1.165, 1.54) is 17.5 Å². The van der Waals surface area contributed by atoms with Crippen LogP contribution in [0.5, 0.6) is 5.88 Å². The van der Waals surface area contributed by atoms with Gasteiger partial charge in [0.25, 0.3) is 0 Å². The van der Waals surface area contributed by atoms with Crippen molar-refractivity contribution in [1.82, 2.24) is 19.9 Å². The predicted octanol–water partition coefficient (Wildman–Crippen LogP) is 2.71. The summed E-state index contributed by atoms with van der Waals surface area (Å²) in [4.78, 5) is 16.5. The lowest BCUT2D eigenvalue weighted by Crippen LogP contribution is -1.98. The minimum absolute atomic E-state index is 0.339. The zero-order valence-corrected chi connectivity index (χ0v) is 10.6. The van der Waals surface area contributed by atoms with Gasteiger partial charge in [0.1, 0.15) is 12.1 Å². The van der Waals surface area contributed by atoms with Crippen molar-refractivity contribution in [2.24, 2.45) is 0 Å². The maximum atomic E-state index is 5.90. The van der Waals surface area contributed by atoms with E-state index in [9.17, 15) is 0 Å². The average molecular weight is 279 g/mol. The van der Waals surface area contributed by atoms with Crippen LogP contribution in [0.3, 0.4) is 0 Å². The molecule has 0 spiro atoms. The standard InChI is InChI=1S/C11H7ClN4OS/c12-11-10-8(1-2-13-11)16-9(3-14-10)17-4-7-5-18-6-15-7/h1-3,5-6H,4H2. The summed E-state index contributed by atoms with van der Waals surface area (Å²) in [6.07, 6.45) is 3.12. The normalized spacial score (nSPS) is 10.7. The van der Waals surface area contributed by atoms with Crippen molar-refractivity contribution >= 4 is 34.0 Å². The molecule has 90 valence electrons. The largest absolute Gasteiger partial charge is 0.470 e. The Hall–Kier alpha value is -1.79. The number of rotatable bonds is 3. The van der Waals surface area contributed by atoms with Gasteiger partial charge in [-0.05, 0) is 6.07 Å². The van der Waals surface area contributed by atoms with Crippen molar-refractivity contribution in [3.63, 3.8) is 0 Å². The number of fused-ring (bicyclic) bond motifs is 1. The third-order valence-corrected chi connectivity index (χ3v) is 3.16. The molecule has 0 aromatic carbocycles. The van der Waals surface area contributed by atoms with Crippen molar-refractivity contribution in [3.05, 3.63) is 40.2 Å². The first-order valence-corrected chi connectivity index (χ1v) is 6.42. The van der Waals surface area contributed by atoms with Gasteiger partial charge in [0.15, 0.2) is 5.15 Å². The Bertz CT molecular complexity index is 674. The Morgan fingerprint density at radius 1 is 1.28 bits per heavy atom. The molecular formula is C11H7ClN4OS. The molecule has 0 saturated carbocycles. The Morgan fingerprint density at radius 2 is 2.22 bits per heavy atom. The van der Waals surface area contributed by atoms with Crippen LogP contribution in [-0.2, 0) is 6.61 Å². The second-order valence-electron chi connectivity index (χ2n) is 3.45. The van der Waals surface area contributed by atoms with Crippen LogP contribution >= 0.6 is 22.9 Å². The maximum absolute atomic E-state index is 5.90. The molecule has 0 bridgehead atoms. The Labute approximate surface area is 111 Å². The number of hydrogen-bond acceptors (Lipinski definition) is 6. The first kappa shape index (κ1) is 11.3. The zero-order chi connectivity index (χ0) is 12.4. The highest BCUT2D eigenvalue weighted by Gasteiger charge is 2.05. The van der Waals surface area contributed by atoms with Gasteiger partial charge < -0.3 is 4.74 Å². The van der Waals surface area contributed by atoms with Gasteiger partial charge in [0.2, 0.25) is 5.88 Å². The highest BCUT2D eigenvalue weighted by molar-refractivity contribution is 7.07. The third-order valence-electron chi connectivity index (χ3n) is 2.24. The molecule has 0 amide bonds. The smallest absolute Gasteiger partial charge is 0.233 e. The summed E-state index contributed by atoms with van der Waals surface area (Å²) in [7, 11) is 0. The maximum Gasteiger partial charge on any atom is 0.233 e. The van der Waals surface area contributed by atoms with Crippen LogP contribution in [-0.4, -0.2) is 19.9 Å². The molecule has 0 radical (unpaired) electrons. The summed E-state index contributed by atoms with van der Waals surface area (Å²) in [6, 6.07) is 1.74. The molecule has 18 heavy (non-hydrogen) atoms. The van der Waals surface area contributed by atoms with Crippen LogP contribution in [0.1, 0.15) is 5.69 Å². The minimum atomic E-state index is 0.339. The molecule has 0 aliphatic carbocycles. The van der Waals surface area contributed by atoms with E-state index in [0.717, 1.165) is 5.69 Å². The fraction of sp³-hybridized carbons (Fsp3) is 0.0909. The van der Waals surface area contributed by atoms with Crippen LogP contribution < -0.4 is 4.74 Å². The number of pyridine rings is 1. The molecule has 3 heterocycles. The number of thiazole rings is 1. The Kier molecular flexibility index (Phi) is 3.04. The van der Waals surface area contributed by atoms with E-state index in [-0.39, 0.29) is 0 Å². The SMILES string of the molecule is Clc1nccc2nc(OCc3cscn3)cnc12. The summed E-state index contributed by atoms with van der Waals surface area (Å²) >= 11 is 7.43. The summed E-state index contributed by atoms with van der Waals surface area (Å²) in [5.74, 6) is 0.442. The van der Waals surface area contributed by atoms with Crippen molar-refractivity contribution < 1.29 is 4.74 Å². The predicted molar refractivity (Wildman–Crippen MR) is 68.8 cm³/mol. The lowest BCUT2D eigenvalue weighted by molar-refractivity contribution is 0.290. The van der Waals surface area contributed by atoms with Crippen molar-refractivity contribution in [3.8, 4) is 5.88 Å². The van der Waals surface area contributed by atoms with Gasteiger partial charge in [-0.3, -0.25) is 0 Å². The van der Waals surface area contributed by atoms with E-state index in [4.69, 9.17) is 16.3 Å². The van der Waals surface area contributed by atoms with E-state index in [1.807, 2.05) is 5.38 Å². The average Bonchev–Trinajstić information content (AvgIpc) is 2.90. The van der Waals surface area contributed by atoms with Crippen LogP contribution in [0.25, 0.3) is 11.0 Å². The molecule has 7 heteroatoms. The number of halogens is 1. The van der Waals surface area contributed by atoms with E-state index < -0.39 is 0 Å². The summed E-state index contributed by atoms with van der Waals surface area (Å²) in [6.45, 7) is 0.377. The van der Waals surface area contributed by atoms with Crippen LogP contribution in [0.2, 0.25) is 5.15 Å². The second kappa shape index (κ2) is 4.83. The fourth-order valence-electron chi connectivity index (χ4n) is 1.42. The Balaban J connectivity index is 1.85. The van der Waals surface area contributed by atoms with Crippen molar-refractivity contribution in [2.75, 3.05) is 0 Å². The van der Waals surface area contributed by atoms with E-state index >= 15 is 0 Å². The fourth-order valence-corrected chi connectivity index (χ4v) is 2.17. The molecule has 0 atom stereocenters. The highest BCUT2D eigenvalue weighted by Crippen LogP contribution is 2.19. The Morgan fingerprint density at radius 3 is 3.06 bits per heavy atom. The van der Waals surface area contributed by atoms with E-state index in [1.54, 1.807) is 17.8 Å². The summed E-state index contributed by atoms with van der Waals surface area (Å²) < 4.78 is 5.51. The van der Waals surface area contributed by atoms with Crippen molar-refractivity contribution in [2.45, 2.75) is 6.61 Å². The molecular weight excluding hydrogens is 272 g/mol. The number of aromatic nitrogens is 4. The molecule has 3 rings (SSSR count). The molecule has 0 aliphatic heterocycles. The summed E-state index contributed by atoms with van der Waals surface area (Å²) in [5, 5.41) is 2.26. The van der Waals surface area contributed by atoms with Gasteiger partial charge in [-0.2, -0.15) is 0 Å². The third kappa shape index (κ3) is 2.25. The van der Waals surface area contributed by atoms with Gasteiger partial charge in [-0.25, -0.2) is 19.9 Å². The topological polar surface area (TPSA) is 60.8 Å². The van der Waals surface area contributed by atoms with Crippen LogP contribution in [0.4, 0.5) is 0 Å². The first-order valence-electron chi connectivity index (χ1n) is 5.10. The van der Waals surface area contributed by atoms with Gasteiger partial charge in [0.05, 0.1) is 22.9 Å². The van der Waals surface area contributed by atoms with Gasteiger partial charge in [0, 0.05) is 11.6 Å². The molecule has 5 nitrogen and oxygen atoms in total. The number of hydrogen-bond donors (Lipinski definition) is 0. The minimum Gasteiger partial charge on any atom is -0.470 e. The van der Waals surface area contributed by atoms with Gasteiger partial charge in [-0.1, -0.05) is 11.6 Å². The molecule has 3 aromatic rings.